The summed E-state index contributed by atoms with van der Waals surface area (Å²) in [6.45, 7) is 1.76. The van der Waals surface area contributed by atoms with Crippen molar-refractivity contribution >= 4 is 40.6 Å². The predicted molar refractivity (Wildman–Crippen MR) is 91.1 cm³/mol. The number of urea groups is 1. The van der Waals surface area contributed by atoms with Crippen molar-refractivity contribution in [2.75, 3.05) is 13.2 Å². The Morgan fingerprint density at radius 1 is 1.29 bits per heavy atom. The molecule has 0 saturated carbocycles. The number of carbonyl (C=O) groups excluding carboxylic acids is 3. The second kappa shape index (κ2) is 9.14. The first-order chi connectivity index (χ1) is 11.5. The number of aryl methyl sites for hydroxylation is 1. The zero-order valence-corrected chi connectivity index (χ0v) is 14.7. The highest BCUT2D eigenvalue weighted by Gasteiger charge is 2.12. The van der Waals surface area contributed by atoms with Crippen LogP contribution in [0.3, 0.4) is 0 Å². The smallest absolute Gasteiger partial charge is 0.321 e. The van der Waals surface area contributed by atoms with Crippen LogP contribution in [0.25, 0.3) is 0 Å². The van der Waals surface area contributed by atoms with Crippen molar-refractivity contribution in [2.45, 2.75) is 19.8 Å². The predicted octanol–water partition coefficient (Wildman–Crippen LogP) is 1.67. The molecule has 0 aliphatic rings. The molecule has 7 nitrogen and oxygen atoms in total. The Labute approximate surface area is 147 Å². The number of nitrogens with zero attached hydrogens (tertiary/aromatic N) is 1. The summed E-state index contributed by atoms with van der Waals surface area (Å²) in [7, 11) is 0. The summed E-state index contributed by atoms with van der Waals surface area (Å²) in [6.07, 6.45) is 0.700. The van der Waals surface area contributed by atoms with E-state index < -0.39 is 24.5 Å². The van der Waals surface area contributed by atoms with E-state index in [9.17, 15) is 14.4 Å². The molecule has 2 N–H and O–H groups in total. The fourth-order valence-electron chi connectivity index (χ4n) is 1.80. The topological polar surface area (TPSA) is 97.4 Å². The maximum absolute atomic E-state index is 11.6. The van der Waals surface area contributed by atoms with Crippen LogP contribution in [0.5, 0.6) is 0 Å². The summed E-state index contributed by atoms with van der Waals surface area (Å²) < 4.78 is 4.82. The highest BCUT2D eigenvalue weighted by Crippen LogP contribution is 2.09. The number of amides is 3. The molecule has 2 heterocycles. The van der Waals surface area contributed by atoms with Crippen LogP contribution < -0.4 is 10.6 Å². The van der Waals surface area contributed by atoms with Gasteiger partial charge in [-0.1, -0.05) is 6.07 Å². The Morgan fingerprint density at radius 3 is 2.79 bits per heavy atom. The summed E-state index contributed by atoms with van der Waals surface area (Å²) >= 11 is 3.04. The lowest BCUT2D eigenvalue weighted by molar-refractivity contribution is -0.147. The van der Waals surface area contributed by atoms with Gasteiger partial charge in [0.05, 0.1) is 17.1 Å². The molecule has 0 spiro atoms. The van der Waals surface area contributed by atoms with Crippen molar-refractivity contribution in [1.82, 2.24) is 15.6 Å². The number of esters is 1. The van der Waals surface area contributed by atoms with Gasteiger partial charge < -0.3 is 10.1 Å². The van der Waals surface area contributed by atoms with Crippen molar-refractivity contribution in [3.05, 3.63) is 38.5 Å². The first kappa shape index (κ1) is 18.1. The van der Waals surface area contributed by atoms with Crippen molar-refractivity contribution in [2.24, 2.45) is 0 Å². The third-order valence-electron chi connectivity index (χ3n) is 2.85. The van der Waals surface area contributed by atoms with Crippen LogP contribution in [0.2, 0.25) is 0 Å². The molecule has 0 saturated heterocycles. The van der Waals surface area contributed by atoms with Crippen LogP contribution in [-0.4, -0.2) is 36.0 Å². The maximum Gasteiger partial charge on any atom is 0.321 e. The van der Waals surface area contributed by atoms with E-state index in [4.69, 9.17) is 4.74 Å². The third-order valence-corrected chi connectivity index (χ3v) is 4.60. The second-order valence-corrected chi connectivity index (χ2v) is 6.92. The number of thiophene rings is 1. The first-order valence-corrected chi connectivity index (χ1v) is 8.95. The van der Waals surface area contributed by atoms with Gasteiger partial charge in [0.25, 0.3) is 5.91 Å². The lowest BCUT2D eigenvalue weighted by Gasteiger charge is -2.06. The Morgan fingerprint density at radius 2 is 2.12 bits per heavy atom. The summed E-state index contributed by atoms with van der Waals surface area (Å²) in [5, 5.41) is 9.25. The van der Waals surface area contributed by atoms with Crippen LogP contribution in [0.1, 0.15) is 15.6 Å². The van der Waals surface area contributed by atoms with Gasteiger partial charge in [0, 0.05) is 16.8 Å². The van der Waals surface area contributed by atoms with Crippen LogP contribution >= 0.6 is 22.7 Å². The largest absolute Gasteiger partial charge is 0.455 e. The van der Waals surface area contributed by atoms with Gasteiger partial charge in [-0.15, -0.1) is 22.7 Å². The average Bonchev–Trinajstić information content (AvgIpc) is 3.17. The number of rotatable bonds is 7. The minimum absolute atomic E-state index is 0.00459. The van der Waals surface area contributed by atoms with E-state index in [1.807, 2.05) is 24.4 Å². The van der Waals surface area contributed by atoms with Crippen LogP contribution in [0.4, 0.5) is 4.79 Å². The molecule has 0 fully saturated rings. The molecule has 128 valence electrons. The quantitative estimate of drug-likeness (QED) is 0.726. The van der Waals surface area contributed by atoms with Gasteiger partial charge in [-0.3, -0.25) is 14.9 Å². The molecule has 24 heavy (non-hydrogen) atoms. The number of carbonyl (C=O) groups is 3. The molecule has 0 atom stereocenters. The molecule has 0 unspecified atom stereocenters. The second-order valence-electron chi connectivity index (χ2n) is 4.83. The fourth-order valence-corrected chi connectivity index (χ4v) is 3.12. The monoisotopic (exact) mass is 367 g/mol. The average molecular weight is 367 g/mol. The normalized spacial score (nSPS) is 10.2. The molecule has 2 aromatic heterocycles. The molecule has 0 aliphatic carbocycles. The standard InChI is InChI=1S/C15H17N3O4S2/c1-10-17-11(9-24-10)7-14(20)22-8-13(19)18-15(21)16-5-4-12-3-2-6-23-12/h2-3,6,9H,4-5,7-8H2,1H3,(H2,16,18,19,21). The summed E-state index contributed by atoms with van der Waals surface area (Å²) in [4.78, 5) is 39.9. The van der Waals surface area contributed by atoms with E-state index in [-0.39, 0.29) is 6.42 Å². The van der Waals surface area contributed by atoms with Gasteiger partial charge in [-0.2, -0.15) is 0 Å². The number of nitrogens with one attached hydrogen (secondary N) is 2. The Bertz CT molecular complexity index is 697. The zero-order valence-electron chi connectivity index (χ0n) is 13.0. The number of ether oxygens (including phenoxy) is 1. The minimum atomic E-state index is -0.675. The van der Waals surface area contributed by atoms with Crippen molar-refractivity contribution < 1.29 is 19.1 Å². The Kier molecular flexibility index (Phi) is 6.89. The molecule has 3 amide bonds. The van der Waals surface area contributed by atoms with Crippen molar-refractivity contribution in [3.63, 3.8) is 0 Å². The number of hydrogen-bond acceptors (Lipinski definition) is 7. The molecule has 9 heteroatoms. The molecule has 2 rings (SSSR count). The molecular weight excluding hydrogens is 350 g/mol. The third kappa shape index (κ3) is 6.47. The molecule has 0 radical (unpaired) electrons. The van der Waals surface area contributed by atoms with E-state index in [1.165, 1.54) is 11.3 Å². The van der Waals surface area contributed by atoms with E-state index in [0.717, 1.165) is 9.88 Å². The van der Waals surface area contributed by atoms with Gasteiger partial charge in [0.15, 0.2) is 6.61 Å². The highest BCUT2D eigenvalue weighted by molar-refractivity contribution is 7.10. The van der Waals surface area contributed by atoms with Crippen molar-refractivity contribution in [3.8, 4) is 0 Å². The summed E-state index contributed by atoms with van der Waals surface area (Å²) in [5.74, 6) is -1.24. The van der Waals surface area contributed by atoms with E-state index in [0.29, 0.717) is 18.7 Å². The zero-order chi connectivity index (χ0) is 17.4. The highest BCUT2D eigenvalue weighted by atomic mass is 32.1. The van der Waals surface area contributed by atoms with Gasteiger partial charge in [-0.25, -0.2) is 9.78 Å². The molecule has 2 aromatic rings. The number of aromatic nitrogens is 1. The van der Waals surface area contributed by atoms with Crippen LogP contribution in [0.15, 0.2) is 22.9 Å². The van der Waals surface area contributed by atoms with E-state index in [1.54, 1.807) is 16.7 Å². The molecule has 0 bridgehead atoms. The lowest BCUT2D eigenvalue weighted by Crippen LogP contribution is -2.42. The van der Waals surface area contributed by atoms with Gasteiger partial charge >= 0.3 is 12.0 Å². The van der Waals surface area contributed by atoms with Crippen LogP contribution in [0, 0.1) is 6.92 Å². The number of hydrogen-bond donors (Lipinski definition) is 2. The maximum atomic E-state index is 11.6. The number of imide groups is 1. The molecule has 0 aromatic carbocycles. The fraction of sp³-hybridized carbons (Fsp3) is 0.333. The van der Waals surface area contributed by atoms with Gasteiger partial charge in [-0.05, 0) is 24.8 Å². The summed E-state index contributed by atoms with van der Waals surface area (Å²) in [5.41, 5.74) is 0.606. The minimum Gasteiger partial charge on any atom is -0.455 e. The van der Waals surface area contributed by atoms with Gasteiger partial charge in [0.1, 0.15) is 0 Å². The molecule has 0 aliphatic heterocycles. The van der Waals surface area contributed by atoms with Crippen LogP contribution in [-0.2, 0) is 27.2 Å². The van der Waals surface area contributed by atoms with E-state index >= 15 is 0 Å². The Balaban J connectivity index is 1.59. The SMILES string of the molecule is Cc1nc(CC(=O)OCC(=O)NC(=O)NCCc2cccs2)cs1. The van der Waals surface area contributed by atoms with E-state index in [2.05, 4.69) is 15.6 Å². The van der Waals surface area contributed by atoms with Crippen molar-refractivity contribution in [1.29, 1.82) is 0 Å². The Hall–Kier alpha value is -2.26. The van der Waals surface area contributed by atoms with Gasteiger partial charge in [0.2, 0.25) is 0 Å². The summed E-state index contributed by atoms with van der Waals surface area (Å²) in [6, 6.07) is 3.30. The molecular formula is C15H17N3O4S2. The lowest BCUT2D eigenvalue weighted by atomic mass is 10.3. The number of thiazole rings is 1. The first-order valence-electron chi connectivity index (χ1n) is 7.19.